The van der Waals surface area contributed by atoms with Gasteiger partial charge in [-0.3, -0.25) is 0 Å². The summed E-state index contributed by atoms with van der Waals surface area (Å²) in [6, 6.07) is 2.24. The van der Waals surface area contributed by atoms with Crippen LogP contribution in [0.4, 0.5) is 11.6 Å². The van der Waals surface area contributed by atoms with Crippen molar-refractivity contribution in [2.45, 2.75) is 53.0 Å². The molecule has 4 N–H and O–H groups in total. The molecule has 0 fully saturated rings. The highest BCUT2D eigenvalue weighted by Crippen LogP contribution is 2.14. The van der Waals surface area contributed by atoms with Crippen LogP contribution in [0.3, 0.4) is 0 Å². The number of anilines is 2. The highest BCUT2D eigenvalue weighted by molar-refractivity contribution is 5.47. The predicted molar refractivity (Wildman–Crippen MR) is 76.4 cm³/mol. The number of aromatic nitrogens is 2. The summed E-state index contributed by atoms with van der Waals surface area (Å²) in [5.41, 5.74) is 2.57. The maximum absolute atomic E-state index is 5.40. The fourth-order valence-corrected chi connectivity index (χ4v) is 1.71. The maximum atomic E-state index is 5.40. The standard InChI is InChI=1S/C13H25N5/c1-5-11-16-12(8-13(17-11)18-14)15-10(4)7-6-9(2)3/h8-10H,5-7,14H2,1-4H3,(H2,15,16,17,18). The second-order valence-electron chi connectivity index (χ2n) is 5.07. The van der Waals surface area contributed by atoms with Crippen LogP contribution in [0, 0.1) is 5.92 Å². The molecule has 0 bridgehead atoms. The largest absolute Gasteiger partial charge is 0.367 e. The van der Waals surface area contributed by atoms with Crippen molar-refractivity contribution in [3.63, 3.8) is 0 Å². The lowest BCUT2D eigenvalue weighted by Gasteiger charge is -2.16. The summed E-state index contributed by atoms with van der Waals surface area (Å²) < 4.78 is 0. The summed E-state index contributed by atoms with van der Waals surface area (Å²) in [6.07, 6.45) is 3.14. The molecule has 0 aromatic carbocycles. The van der Waals surface area contributed by atoms with Crippen LogP contribution in [-0.4, -0.2) is 16.0 Å². The van der Waals surface area contributed by atoms with E-state index >= 15 is 0 Å². The van der Waals surface area contributed by atoms with E-state index in [4.69, 9.17) is 5.84 Å². The van der Waals surface area contributed by atoms with E-state index in [9.17, 15) is 0 Å². The molecule has 1 aromatic rings. The van der Waals surface area contributed by atoms with Gasteiger partial charge < -0.3 is 10.7 Å². The summed E-state index contributed by atoms with van der Waals surface area (Å²) in [6.45, 7) is 8.68. The van der Waals surface area contributed by atoms with Crippen molar-refractivity contribution in [2.75, 3.05) is 10.7 Å². The van der Waals surface area contributed by atoms with E-state index < -0.39 is 0 Å². The summed E-state index contributed by atoms with van der Waals surface area (Å²) in [7, 11) is 0. The molecule has 102 valence electrons. The Kier molecular flexibility index (Phi) is 5.85. The molecule has 5 nitrogen and oxygen atoms in total. The van der Waals surface area contributed by atoms with Crippen molar-refractivity contribution >= 4 is 11.6 Å². The third-order valence-electron chi connectivity index (χ3n) is 2.81. The first-order chi connectivity index (χ1) is 8.55. The van der Waals surface area contributed by atoms with Crippen LogP contribution in [0.1, 0.15) is 46.4 Å². The van der Waals surface area contributed by atoms with E-state index in [1.54, 1.807) is 0 Å². The molecule has 1 atom stereocenters. The summed E-state index contributed by atoms with van der Waals surface area (Å²) in [5.74, 6) is 8.42. The van der Waals surface area contributed by atoms with Crippen molar-refractivity contribution < 1.29 is 0 Å². The SMILES string of the molecule is CCc1nc(NN)cc(NC(C)CCC(C)C)n1. The minimum absolute atomic E-state index is 0.401. The molecule has 0 aliphatic carbocycles. The fourth-order valence-electron chi connectivity index (χ4n) is 1.71. The van der Waals surface area contributed by atoms with Crippen molar-refractivity contribution in [1.82, 2.24) is 9.97 Å². The Morgan fingerprint density at radius 1 is 1.17 bits per heavy atom. The number of nitrogens with two attached hydrogens (primary N) is 1. The van der Waals surface area contributed by atoms with Crippen molar-refractivity contribution in [2.24, 2.45) is 11.8 Å². The third-order valence-corrected chi connectivity index (χ3v) is 2.81. The summed E-state index contributed by atoms with van der Waals surface area (Å²) in [4.78, 5) is 8.71. The van der Waals surface area contributed by atoms with Gasteiger partial charge in [0.1, 0.15) is 17.5 Å². The minimum atomic E-state index is 0.401. The molecule has 0 aliphatic heterocycles. The Labute approximate surface area is 110 Å². The molecule has 5 heteroatoms. The first kappa shape index (κ1) is 14.7. The van der Waals surface area contributed by atoms with Gasteiger partial charge in [0.15, 0.2) is 0 Å². The highest BCUT2D eigenvalue weighted by Gasteiger charge is 2.07. The molecule has 1 aromatic heterocycles. The third kappa shape index (κ3) is 4.87. The number of rotatable bonds is 7. The highest BCUT2D eigenvalue weighted by atomic mass is 15.3. The number of nitrogen functional groups attached to an aromatic ring is 1. The number of hydrogen-bond acceptors (Lipinski definition) is 5. The van der Waals surface area contributed by atoms with Gasteiger partial charge in [0.2, 0.25) is 0 Å². The van der Waals surface area contributed by atoms with Crippen LogP contribution in [0.5, 0.6) is 0 Å². The van der Waals surface area contributed by atoms with Crippen LogP contribution in [0.2, 0.25) is 0 Å². The summed E-state index contributed by atoms with van der Waals surface area (Å²) in [5, 5.41) is 3.40. The Bertz CT molecular complexity index is 342. The Morgan fingerprint density at radius 2 is 1.83 bits per heavy atom. The zero-order valence-electron chi connectivity index (χ0n) is 11.8. The minimum Gasteiger partial charge on any atom is -0.367 e. The van der Waals surface area contributed by atoms with Crippen molar-refractivity contribution in [3.8, 4) is 0 Å². The number of hydrazine groups is 1. The van der Waals surface area contributed by atoms with E-state index in [-0.39, 0.29) is 0 Å². The molecule has 0 radical (unpaired) electrons. The monoisotopic (exact) mass is 251 g/mol. The van der Waals surface area contributed by atoms with Gasteiger partial charge in [-0.05, 0) is 25.7 Å². The normalized spacial score (nSPS) is 12.6. The van der Waals surface area contributed by atoms with Crippen LogP contribution in [0.15, 0.2) is 6.07 Å². The first-order valence-electron chi connectivity index (χ1n) is 6.66. The topological polar surface area (TPSA) is 75.9 Å². The van der Waals surface area contributed by atoms with Crippen LogP contribution >= 0.6 is 0 Å². The quantitative estimate of drug-likeness (QED) is 0.513. The smallest absolute Gasteiger partial charge is 0.145 e. The van der Waals surface area contributed by atoms with Crippen LogP contribution < -0.4 is 16.6 Å². The van der Waals surface area contributed by atoms with Crippen LogP contribution in [-0.2, 0) is 6.42 Å². The second-order valence-corrected chi connectivity index (χ2v) is 5.07. The fraction of sp³-hybridized carbons (Fsp3) is 0.692. The van der Waals surface area contributed by atoms with E-state index in [0.717, 1.165) is 30.4 Å². The van der Waals surface area contributed by atoms with E-state index in [1.807, 2.05) is 13.0 Å². The van der Waals surface area contributed by atoms with Gasteiger partial charge in [-0.2, -0.15) is 0 Å². The molecule has 0 amide bonds. The number of nitrogens with zero attached hydrogens (tertiary/aromatic N) is 2. The Morgan fingerprint density at radius 3 is 2.39 bits per heavy atom. The average Bonchev–Trinajstić information content (AvgIpc) is 2.35. The number of hydrogen-bond donors (Lipinski definition) is 3. The molecule has 1 unspecified atom stereocenters. The van der Waals surface area contributed by atoms with Gasteiger partial charge in [-0.1, -0.05) is 20.8 Å². The number of nitrogens with one attached hydrogen (secondary N) is 2. The predicted octanol–water partition coefficient (Wildman–Crippen LogP) is 2.56. The molecule has 0 saturated carbocycles. The molecule has 1 heterocycles. The average molecular weight is 251 g/mol. The Balaban J connectivity index is 2.65. The van der Waals surface area contributed by atoms with E-state index in [2.05, 4.69) is 41.5 Å². The van der Waals surface area contributed by atoms with Gasteiger partial charge in [0.25, 0.3) is 0 Å². The van der Waals surface area contributed by atoms with Gasteiger partial charge >= 0.3 is 0 Å². The van der Waals surface area contributed by atoms with Gasteiger partial charge in [-0.15, -0.1) is 0 Å². The van der Waals surface area contributed by atoms with Crippen LogP contribution in [0.25, 0.3) is 0 Å². The van der Waals surface area contributed by atoms with Gasteiger partial charge in [0.05, 0.1) is 0 Å². The maximum Gasteiger partial charge on any atom is 0.145 e. The Hall–Kier alpha value is -1.36. The lowest BCUT2D eigenvalue weighted by Crippen LogP contribution is -2.18. The first-order valence-corrected chi connectivity index (χ1v) is 6.66. The zero-order valence-corrected chi connectivity index (χ0v) is 11.8. The molecule has 0 spiro atoms. The zero-order chi connectivity index (χ0) is 13.5. The second kappa shape index (κ2) is 7.16. The molecule has 0 saturated heterocycles. The molecule has 1 rings (SSSR count). The van der Waals surface area contributed by atoms with E-state index in [0.29, 0.717) is 11.9 Å². The molecule has 18 heavy (non-hydrogen) atoms. The van der Waals surface area contributed by atoms with Crippen molar-refractivity contribution in [1.29, 1.82) is 0 Å². The molecular weight excluding hydrogens is 226 g/mol. The van der Waals surface area contributed by atoms with Crippen molar-refractivity contribution in [3.05, 3.63) is 11.9 Å². The van der Waals surface area contributed by atoms with Gasteiger partial charge in [-0.25, -0.2) is 15.8 Å². The molecule has 0 aliphatic rings. The number of aryl methyl sites for hydroxylation is 1. The molecular formula is C13H25N5. The van der Waals surface area contributed by atoms with Gasteiger partial charge in [0, 0.05) is 18.5 Å². The lowest BCUT2D eigenvalue weighted by atomic mass is 10.0. The van der Waals surface area contributed by atoms with E-state index in [1.165, 1.54) is 6.42 Å². The summed E-state index contributed by atoms with van der Waals surface area (Å²) >= 11 is 0. The lowest BCUT2D eigenvalue weighted by molar-refractivity contribution is 0.527.